The highest BCUT2D eigenvalue weighted by Gasteiger charge is 2.28. The second-order valence-corrected chi connectivity index (χ2v) is 6.30. The van der Waals surface area contributed by atoms with Gasteiger partial charge in [-0.1, -0.05) is 0 Å². The average molecular weight is 359 g/mol. The van der Waals surface area contributed by atoms with Gasteiger partial charge in [-0.15, -0.1) is 0 Å². The number of anilines is 1. The Kier molecular flexibility index (Phi) is 4.58. The molecular weight excluding hydrogens is 342 g/mol. The fourth-order valence-corrected chi connectivity index (χ4v) is 3.38. The van der Waals surface area contributed by atoms with Gasteiger partial charge in [0.15, 0.2) is 11.5 Å². The van der Waals surface area contributed by atoms with Gasteiger partial charge in [-0.25, -0.2) is 14.6 Å². The summed E-state index contributed by atoms with van der Waals surface area (Å²) < 4.78 is 1.49. The van der Waals surface area contributed by atoms with Crippen molar-refractivity contribution in [3.63, 3.8) is 0 Å². The van der Waals surface area contributed by atoms with Crippen LogP contribution in [-0.2, 0) is 6.54 Å². The molecule has 3 aromatic rings. The first-order chi connectivity index (χ1) is 13.3. The molecular formula is C19H17N7O. The van der Waals surface area contributed by atoms with E-state index < -0.39 is 0 Å². The van der Waals surface area contributed by atoms with E-state index in [0.717, 1.165) is 30.6 Å². The zero-order valence-corrected chi connectivity index (χ0v) is 14.6. The summed E-state index contributed by atoms with van der Waals surface area (Å²) in [5.41, 5.74) is 1.77. The first-order valence-corrected chi connectivity index (χ1v) is 8.72. The molecule has 8 heteroatoms. The Morgan fingerprint density at radius 3 is 2.74 bits per heavy atom. The first-order valence-electron chi connectivity index (χ1n) is 8.72. The van der Waals surface area contributed by atoms with E-state index in [1.807, 2.05) is 12.1 Å². The molecule has 0 bridgehead atoms. The maximum absolute atomic E-state index is 12.3. The number of rotatable bonds is 4. The van der Waals surface area contributed by atoms with Gasteiger partial charge in [0.2, 0.25) is 0 Å². The van der Waals surface area contributed by atoms with Crippen LogP contribution in [0, 0.1) is 11.3 Å². The van der Waals surface area contributed by atoms with Crippen LogP contribution in [0.25, 0.3) is 11.3 Å². The van der Waals surface area contributed by atoms with Gasteiger partial charge in [-0.2, -0.15) is 10.4 Å². The van der Waals surface area contributed by atoms with E-state index in [1.165, 1.54) is 16.9 Å². The van der Waals surface area contributed by atoms with Crippen molar-refractivity contribution in [1.82, 2.24) is 24.7 Å². The minimum Gasteiger partial charge on any atom is -0.349 e. The fourth-order valence-electron chi connectivity index (χ4n) is 3.38. The molecule has 0 radical (unpaired) electrons. The molecule has 0 spiro atoms. The Balaban J connectivity index is 1.64. The van der Waals surface area contributed by atoms with Crippen LogP contribution in [0.5, 0.6) is 0 Å². The molecule has 1 saturated heterocycles. The molecule has 1 atom stereocenters. The van der Waals surface area contributed by atoms with E-state index >= 15 is 0 Å². The first kappa shape index (κ1) is 16.8. The third-order valence-electron chi connectivity index (χ3n) is 4.66. The molecule has 0 aromatic carbocycles. The third-order valence-corrected chi connectivity index (χ3v) is 4.66. The highest BCUT2D eigenvalue weighted by atomic mass is 16.1. The number of hydrogen-bond donors (Lipinski definition) is 0. The maximum Gasteiger partial charge on any atom is 0.266 e. The van der Waals surface area contributed by atoms with E-state index in [1.54, 1.807) is 24.7 Å². The highest BCUT2D eigenvalue weighted by Crippen LogP contribution is 2.26. The zero-order chi connectivity index (χ0) is 18.6. The van der Waals surface area contributed by atoms with E-state index in [-0.39, 0.29) is 11.6 Å². The van der Waals surface area contributed by atoms with Crippen LogP contribution in [0.4, 0.5) is 5.82 Å². The fraction of sp³-hybridized carbons (Fsp3) is 0.263. The van der Waals surface area contributed by atoms with Gasteiger partial charge in [0, 0.05) is 43.0 Å². The van der Waals surface area contributed by atoms with Crippen molar-refractivity contribution in [3.8, 4) is 17.3 Å². The molecule has 0 N–H and O–H groups in total. The number of nitrogens with zero attached hydrogens (tertiary/aromatic N) is 7. The zero-order valence-electron chi connectivity index (χ0n) is 14.6. The van der Waals surface area contributed by atoms with Crippen LogP contribution in [0.1, 0.15) is 18.5 Å². The van der Waals surface area contributed by atoms with Crippen molar-refractivity contribution in [2.24, 2.45) is 0 Å². The highest BCUT2D eigenvalue weighted by molar-refractivity contribution is 5.57. The summed E-state index contributed by atoms with van der Waals surface area (Å²) in [7, 11) is 0. The van der Waals surface area contributed by atoms with Crippen molar-refractivity contribution in [2.45, 2.75) is 25.4 Å². The summed E-state index contributed by atoms with van der Waals surface area (Å²) in [6, 6.07) is 9.10. The molecule has 3 aromatic heterocycles. The van der Waals surface area contributed by atoms with Gasteiger partial charge >= 0.3 is 0 Å². The van der Waals surface area contributed by atoms with Crippen molar-refractivity contribution in [3.05, 3.63) is 65.1 Å². The Hall–Kier alpha value is -3.60. The molecule has 1 fully saturated rings. The van der Waals surface area contributed by atoms with E-state index in [9.17, 15) is 10.1 Å². The van der Waals surface area contributed by atoms with E-state index in [0.29, 0.717) is 18.1 Å². The lowest BCUT2D eigenvalue weighted by molar-refractivity contribution is 0.488. The normalized spacial score (nSPS) is 16.3. The van der Waals surface area contributed by atoms with Crippen LogP contribution in [-0.4, -0.2) is 37.3 Å². The Bertz CT molecular complexity index is 1040. The summed E-state index contributed by atoms with van der Waals surface area (Å²) >= 11 is 0. The van der Waals surface area contributed by atoms with Gasteiger partial charge < -0.3 is 4.90 Å². The third kappa shape index (κ3) is 3.40. The Morgan fingerprint density at radius 2 is 1.93 bits per heavy atom. The van der Waals surface area contributed by atoms with E-state index in [4.69, 9.17) is 0 Å². The Morgan fingerprint density at radius 1 is 1.11 bits per heavy atom. The number of hydrogen-bond acceptors (Lipinski definition) is 7. The summed E-state index contributed by atoms with van der Waals surface area (Å²) in [4.78, 5) is 26.8. The number of aromatic nitrogens is 5. The topological polar surface area (TPSA) is 101 Å². The molecule has 4 heterocycles. The van der Waals surface area contributed by atoms with Crippen molar-refractivity contribution in [2.75, 3.05) is 11.4 Å². The Labute approximate surface area is 155 Å². The molecule has 4 rings (SSSR count). The second-order valence-electron chi connectivity index (χ2n) is 6.30. The van der Waals surface area contributed by atoms with Gasteiger partial charge in [-0.3, -0.25) is 9.78 Å². The molecule has 1 aliphatic rings. The lowest BCUT2D eigenvalue weighted by Crippen LogP contribution is -2.38. The summed E-state index contributed by atoms with van der Waals surface area (Å²) in [6.07, 6.45) is 8.35. The van der Waals surface area contributed by atoms with Crippen LogP contribution >= 0.6 is 0 Å². The maximum atomic E-state index is 12.3. The van der Waals surface area contributed by atoms with Crippen LogP contribution < -0.4 is 10.5 Å². The van der Waals surface area contributed by atoms with Gasteiger partial charge in [0.25, 0.3) is 5.56 Å². The number of nitriles is 1. The van der Waals surface area contributed by atoms with Gasteiger partial charge in [-0.05, 0) is 31.0 Å². The van der Waals surface area contributed by atoms with Crippen molar-refractivity contribution < 1.29 is 0 Å². The van der Waals surface area contributed by atoms with Crippen LogP contribution in [0.3, 0.4) is 0 Å². The molecule has 0 amide bonds. The average Bonchev–Trinajstić information content (AvgIpc) is 3.18. The standard InChI is InChI=1S/C19H17N7O/c20-12-17-19(23-10-9-22-17)25-11-1-2-15(25)13-26-18(27)4-3-16(24-26)14-5-7-21-8-6-14/h3-10,15H,1-2,11,13H2. The molecule has 8 nitrogen and oxygen atoms in total. The largest absolute Gasteiger partial charge is 0.349 e. The predicted molar refractivity (Wildman–Crippen MR) is 98.8 cm³/mol. The SMILES string of the molecule is N#Cc1nccnc1N1CCCC1Cn1nc(-c2ccncc2)ccc1=O. The minimum atomic E-state index is -0.153. The lowest BCUT2D eigenvalue weighted by Gasteiger charge is -2.26. The summed E-state index contributed by atoms with van der Waals surface area (Å²) in [5, 5.41) is 13.8. The van der Waals surface area contributed by atoms with Crippen molar-refractivity contribution in [1.29, 1.82) is 5.26 Å². The minimum absolute atomic E-state index is 0.0340. The molecule has 134 valence electrons. The second kappa shape index (κ2) is 7.33. The smallest absolute Gasteiger partial charge is 0.266 e. The predicted octanol–water partition coefficient (Wildman–Crippen LogP) is 1.64. The molecule has 0 aliphatic carbocycles. The van der Waals surface area contributed by atoms with E-state index in [2.05, 4.69) is 31.0 Å². The quantitative estimate of drug-likeness (QED) is 0.698. The monoisotopic (exact) mass is 359 g/mol. The van der Waals surface area contributed by atoms with Crippen LogP contribution in [0.2, 0.25) is 0 Å². The van der Waals surface area contributed by atoms with Crippen molar-refractivity contribution >= 4 is 5.82 Å². The molecule has 27 heavy (non-hydrogen) atoms. The molecule has 1 unspecified atom stereocenters. The molecule has 1 aliphatic heterocycles. The molecule has 0 saturated carbocycles. The van der Waals surface area contributed by atoms with Gasteiger partial charge in [0.05, 0.1) is 18.3 Å². The van der Waals surface area contributed by atoms with Gasteiger partial charge in [0.1, 0.15) is 6.07 Å². The summed E-state index contributed by atoms with van der Waals surface area (Å²) in [6.45, 7) is 1.20. The summed E-state index contributed by atoms with van der Waals surface area (Å²) in [5.74, 6) is 0.570. The van der Waals surface area contributed by atoms with Crippen LogP contribution in [0.15, 0.2) is 53.8 Å². The lowest BCUT2D eigenvalue weighted by atomic mass is 10.2. The number of pyridine rings is 1.